The predicted molar refractivity (Wildman–Crippen MR) is 75.9 cm³/mol. The van der Waals surface area contributed by atoms with Crippen LogP contribution in [0.4, 0.5) is 0 Å². The summed E-state index contributed by atoms with van der Waals surface area (Å²) >= 11 is 1.67. The standard InChI is InChI=1S/C9H16N4S.HI/c1-4-8-12-7(6-14-8)5-11-9(10)13(2)3;/h6H,4-5H2,1-3H3,(H2,10,11);1H. The third kappa shape index (κ3) is 4.78. The van der Waals surface area contributed by atoms with E-state index in [1.807, 2.05) is 19.5 Å². The maximum absolute atomic E-state index is 5.66. The number of hydrogen-bond acceptors (Lipinski definition) is 3. The molecule has 0 aliphatic heterocycles. The largest absolute Gasteiger partial charge is 0.370 e. The van der Waals surface area contributed by atoms with Gasteiger partial charge in [0.2, 0.25) is 0 Å². The van der Waals surface area contributed by atoms with Crippen LogP contribution in [0.25, 0.3) is 0 Å². The highest BCUT2D eigenvalue weighted by atomic mass is 127. The van der Waals surface area contributed by atoms with Crippen molar-refractivity contribution in [3.05, 3.63) is 16.1 Å². The third-order valence-electron chi connectivity index (χ3n) is 1.76. The Kier molecular flexibility index (Phi) is 6.82. The van der Waals surface area contributed by atoms with Crippen LogP contribution in [-0.4, -0.2) is 29.9 Å². The molecule has 1 aromatic heterocycles. The van der Waals surface area contributed by atoms with E-state index >= 15 is 0 Å². The van der Waals surface area contributed by atoms with Crippen LogP contribution >= 0.6 is 35.3 Å². The highest BCUT2D eigenvalue weighted by Crippen LogP contribution is 2.10. The van der Waals surface area contributed by atoms with Crippen molar-refractivity contribution < 1.29 is 0 Å². The Morgan fingerprint density at radius 2 is 2.27 bits per heavy atom. The topological polar surface area (TPSA) is 54.5 Å². The van der Waals surface area contributed by atoms with E-state index < -0.39 is 0 Å². The minimum atomic E-state index is 0. The van der Waals surface area contributed by atoms with E-state index in [1.54, 1.807) is 16.2 Å². The second kappa shape index (κ2) is 7.00. The molecular formula is C9H17IN4S. The molecule has 6 heteroatoms. The molecule has 1 aromatic rings. The summed E-state index contributed by atoms with van der Waals surface area (Å²) in [6.45, 7) is 2.67. The molecule has 0 aliphatic carbocycles. The number of aliphatic imine (C=N–C) groups is 1. The van der Waals surface area contributed by atoms with Crippen LogP contribution < -0.4 is 5.73 Å². The molecular weight excluding hydrogens is 323 g/mol. The molecule has 0 aromatic carbocycles. The highest BCUT2D eigenvalue weighted by Gasteiger charge is 1.99. The first-order valence-corrected chi connectivity index (χ1v) is 5.42. The van der Waals surface area contributed by atoms with Gasteiger partial charge in [0.15, 0.2) is 5.96 Å². The SMILES string of the molecule is CCc1nc(CN=C(N)N(C)C)cs1.I. The molecule has 15 heavy (non-hydrogen) atoms. The molecule has 0 bridgehead atoms. The molecule has 0 radical (unpaired) electrons. The van der Waals surface area contributed by atoms with Crippen LogP contribution in [-0.2, 0) is 13.0 Å². The summed E-state index contributed by atoms with van der Waals surface area (Å²) in [6, 6.07) is 0. The van der Waals surface area contributed by atoms with Crippen molar-refractivity contribution >= 4 is 41.3 Å². The van der Waals surface area contributed by atoms with Gasteiger partial charge in [0, 0.05) is 19.5 Å². The van der Waals surface area contributed by atoms with E-state index in [-0.39, 0.29) is 24.0 Å². The average Bonchev–Trinajstić information content (AvgIpc) is 2.61. The molecule has 0 amide bonds. The third-order valence-corrected chi connectivity index (χ3v) is 2.80. The molecule has 0 spiro atoms. The number of thiazole rings is 1. The lowest BCUT2D eigenvalue weighted by Gasteiger charge is -2.09. The van der Waals surface area contributed by atoms with Crippen molar-refractivity contribution in [1.29, 1.82) is 0 Å². The van der Waals surface area contributed by atoms with E-state index in [9.17, 15) is 0 Å². The number of halogens is 1. The Balaban J connectivity index is 0.00000196. The van der Waals surface area contributed by atoms with E-state index in [0.29, 0.717) is 12.5 Å². The summed E-state index contributed by atoms with van der Waals surface area (Å²) < 4.78 is 0. The van der Waals surface area contributed by atoms with Crippen molar-refractivity contribution in [2.75, 3.05) is 14.1 Å². The van der Waals surface area contributed by atoms with E-state index in [2.05, 4.69) is 16.9 Å². The summed E-state index contributed by atoms with van der Waals surface area (Å²) in [4.78, 5) is 10.4. The predicted octanol–water partition coefficient (Wildman–Crippen LogP) is 1.70. The fourth-order valence-corrected chi connectivity index (χ4v) is 1.62. The molecule has 2 N–H and O–H groups in total. The molecule has 86 valence electrons. The van der Waals surface area contributed by atoms with Gasteiger partial charge in [-0.15, -0.1) is 35.3 Å². The number of guanidine groups is 1. The maximum Gasteiger partial charge on any atom is 0.191 e. The minimum absolute atomic E-state index is 0. The Bertz CT molecular complexity index is 322. The van der Waals surface area contributed by atoms with Crippen molar-refractivity contribution in [2.45, 2.75) is 19.9 Å². The van der Waals surface area contributed by atoms with Crippen molar-refractivity contribution in [3.63, 3.8) is 0 Å². The Morgan fingerprint density at radius 1 is 1.60 bits per heavy atom. The molecule has 4 nitrogen and oxygen atoms in total. The summed E-state index contributed by atoms with van der Waals surface area (Å²) in [5.74, 6) is 0.538. The molecule has 0 atom stereocenters. The molecule has 0 saturated carbocycles. The summed E-state index contributed by atoms with van der Waals surface area (Å²) in [7, 11) is 3.74. The van der Waals surface area contributed by atoms with Gasteiger partial charge in [0.25, 0.3) is 0 Å². The minimum Gasteiger partial charge on any atom is -0.370 e. The van der Waals surface area contributed by atoms with Gasteiger partial charge < -0.3 is 10.6 Å². The average molecular weight is 340 g/mol. The first-order chi connectivity index (χ1) is 6.63. The number of rotatable bonds is 3. The maximum atomic E-state index is 5.66. The van der Waals surface area contributed by atoms with Crippen LogP contribution in [0.1, 0.15) is 17.6 Å². The van der Waals surface area contributed by atoms with Gasteiger partial charge in [-0.1, -0.05) is 6.92 Å². The first-order valence-electron chi connectivity index (χ1n) is 4.54. The Morgan fingerprint density at radius 3 is 2.73 bits per heavy atom. The van der Waals surface area contributed by atoms with Crippen LogP contribution in [0.15, 0.2) is 10.4 Å². The van der Waals surface area contributed by atoms with Gasteiger partial charge in [-0.2, -0.15) is 0 Å². The van der Waals surface area contributed by atoms with Crippen molar-refractivity contribution in [1.82, 2.24) is 9.88 Å². The second-order valence-corrected chi connectivity index (χ2v) is 4.10. The summed E-state index contributed by atoms with van der Waals surface area (Å²) in [6.07, 6.45) is 0.984. The number of aryl methyl sites for hydroxylation is 1. The van der Waals surface area contributed by atoms with Gasteiger partial charge >= 0.3 is 0 Å². The smallest absolute Gasteiger partial charge is 0.191 e. The van der Waals surface area contributed by atoms with Crippen LogP contribution in [0.5, 0.6) is 0 Å². The van der Waals surface area contributed by atoms with Gasteiger partial charge in [-0.3, -0.25) is 0 Å². The van der Waals surface area contributed by atoms with Crippen molar-refractivity contribution in [3.8, 4) is 0 Å². The zero-order chi connectivity index (χ0) is 10.6. The van der Waals surface area contributed by atoms with Gasteiger partial charge in [-0.25, -0.2) is 9.98 Å². The second-order valence-electron chi connectivity index (χ2n) is 3.15. The van der Waals surface area contributed by atoms with Crippen LogP contribution in [0, 0.1) is 0 Å². The molecule has 0 fully saturated rings. The fourth-order valence-electron chi connectivity index (χ4n) is 0.887. The van der Waals surface area contributed by atoms with E-state index in [4.69, 9.17) is 5.73 Å². The number of nitrogens with zero attached hydrogens (tertiary/aromatic N) is 3. The zero-order valence-corrected chi connectivity index (χ0v) is 12.4. The van der Waals surface area contributed by atoms with Gasteiger partial charge in [-0.05, 0) is 6.42 Å². The molecule has 1 rings (SSSR count). The van der Waals surface area contributed by atoms with Crippen LogP contribution in [0.2, 0.25) is 0 Å². The quantitative estimate of drug-likeness (QED) is 0.518. The number of aromatic nitrogens is 1. The molecule has 0 saturated heterocycles. The molecule has 0 unspecified atom stereocenters. The van der Waals surface area contributed by atoms with Gasteiger partial charge in [0.1, 0.15) is 0 Å². The van der Waals surface area contributed by atoms with E-state index in [1.165, 1.54) is 0 Å². The highest BCUT2D eigenvalue weighted by molar-refractivity contribution is 14.0. The zero-order valence-electron chi connectivity index (χ0n) is 9.23. The summed E-state index contributed by atoms with van der Waals surface area (Å²) in [5, 5.41) is 3.18. The molecule has 1 heterocycles. The summed E-state index contributed by atoms with van der Waals surface area (Å²) in [5.41, 5.74) is 6.65. The monoisotopic (exact) mass is 340 g/mol. The van der Waals surface area contributed by atoms with E-state index in [0.717, 1.165) is 17.1 Å². The Labute approximate surface area is 112 Å². The fraction of sp³-hybridized carbons (Fsp3) is 0.556. The van der Waals surface area contributed by atoms with Gasteiger partial charge in [0.05, 0.1) is 17.2 Å². The Hall–Kier alpha value is -0.370. The van der Waals surface area contributed by atoms with Crippen LogP contribution in [0.3, 0.4) is 0 Å². The lowest BCUT2D eigenvalue weighted by molar-refractivity contribution is 0.608. The molecule has 0 aliphatic rings. The number of nitrogens with two attached hydrogens (primary N) is 1. The normalized spacial score (nSPS) is 11.0. The number of hydrogen-bond donors (Lipinski definition) is 1. The first kappa shape index (κ1) is 14.6. The van der Waals surface area contributed by atoms with Crippen molar-refractivity contribution in [2.24, 2.45) is 10.7 Å². The lowest BCUT2D eigenvalue weighted by atomic mass is 10.5. The lowest BCUT2D eigenvalue weighted by Crippen LogP contribution is -2.30.